The average Bonchev–Trinajstić information content (AvgIpc) is 3.09. The second-order valence-electron chi connectivity index (χ2n) is 5.17. The van der Waals surface area contributed by atoms with Crippen molar-refractivity contribution in [1.29, 1.82) is 10.5 Å². The van der Waals surface area contributed by atoms with Crippen molar-refractivity contribution in [3.05, 3.63) is 53.9 Å². The number of aromatic nitrogens is 4. The number of rotatable bonds is 5. The zero-order valence-corrected chi connectivity index (χ0v) is 14.6. The Hall–Kier alpha value is -3.89. The Morgan fingerprint density at radius 2 is 1.93 bits per heavy atom. The highest BCUT2D eigenvalue weighted by molar-refractivity contribution is 7.99. The number of nitrogens with two attached hydrogens (primary N) is 1. The lowest BCUT2D eigenvalue weighted by Crippen LogP contribution is -2.18. The molecule has 0 bridgehead atoms. The number of benzene rings is 1. The lowest BCUT2D eigenvalue weighted by molar-refractivity contribution is -0.113. The van der Waals surface area contributed by atoms with Crippen LogP contribution in [0.25, 0.3) is 5.69 Å². The van der Waals surface area contributed by atoms with Crippen LogP contribution in [-0.4, -0.2) is 31.4 Å². The maximum atomic E-state index is 12.3. The molecule has 132 valence electrons. The number of thioether (sulfide) groups is 1. The lowest BCUT2D eigenvalue weighted by atomic mass is 10.3. The van der Waals surface area contributed by atoms with E-state index in [9.17, 15) is 10.1 Å². The van der Waals surface area contributed by atoms with Crippen molar-refractivity contribution in [2.45, 2.75) is 5.16 Å². The van der Waals surface area contributed by atoms with E-state index in [1.165, 1.54) is 17.1 Å². The number of hydrogen-bond acceptors (Lipinski definition) is 8. The Morgan fingerprint density at radius 1 is 1.19 bits per heavy atom. The summed E-state index contributed by atoms with van der Waals surface area (Å²) < 4.78 is 1.48. The zero-order chi connectivity index (χ0) is 19.2. The molecule has 3 rings (SSSR count). The van der Waals surface area contributed by atoms with Gasteiger partial charge < -0.3 is 11.1 Å². The molecule has 3 N–H and O–H groups in total. The van der Waals surface area contributed by atoms with Crippen LogP contribution in [0.15, 0.2) is 47.9 Å². The van der Waals surface area contributed by atoms with E-state index in [1.54, 1.807) is 0 Å². The molecular weight excluding hydrogens is 364 g/mol. The maximum absolute atomic E-state index is 12.3. The summed E-state index contributed by atoms with van der Waals surface area (Å²) in [6.45, 7) is 0. The number of nitriles is 2. The minimum absolute atomic E-state index is 0.00379. The first-order valence-corrected chi connectivity index (χ1v) is 8.59. The van der Waals surface area contributed by atoms with Crippen molar-refractivity contribution in [3.63, 3.8) is 0 Å². The molecule has 3 aromatic rings. The quantitative estimate of drug-likeness (QED) is 0.505. The van der Waals surface area contributed by atoms with E-state index in [2.05, 4.69) is 20.4 Å². The number of nitrogens with zero attached hydrogens (tertiary/aromatic N) is 6. The van der Waals surface area contributed by atoms with Gasteiger partial charge in [-0.05, 0) is 12.1 Å². The number of nitrogens with one attached hydrogen (secondary N) is 1. The van der Waals surface area contributed by atoms with Crippen molar-refractivity contribution in [2.75, 3.05) is 16.8 Å². The molecule has 0 saturated heterocycles. The topological polar surface area (TPSA) is 146 Å². The molecule has 0 aliphatic carbocycles. The second-order valence-corrected chi connectivity index (χ2v) is 6.11. The number of anilines is 2. The molecule has 1 amide bonds. The van der Waals surface area contributed by atoms with Crippen LogP contribution in [0.4, 0.5) is 11.6 Å². The number of carbonyl (C=O) groups is 1. The molecule has 2 aromatic heterocycles. The maximum Gasteiger partial charge on any atom is 0.236 e. The van der Waals surface area contributed by atoms with Gasteiger partial charge in [-0.25, -0.2) is 14.6 Å². The third-order valence-electron chi connectivity index (χ3n) is 3.40. The molecule has 27 heavy (non-hydrogen) atoms. The van der Waals surface area contributed by atoms with E-state index in [-0.39, 0.29) is 39.6 Å². The number of carbonyl (C=O) groups excluding carboxylic acids is 1. The summed E-state index contributed by atoms with van der Waals surface area (Å²) in [5.74, 6) is -0.0180. The summed E-state index contributed by atoms with van der Waals surface area (Å²) in [7, 11) is 0. The van der Waals surface area contributed by atoms with E-state index in [4.69, 9.17) is 11.0 Å². The monoisotopic (exact) mass is 376 g/mol. The van der Waals surface area contributed by atoms with Crippen LogP contribution in [0.2, 0.25) is 0 Å². The number of nitrogen functional groups attached to an aromatic ring is 1. The van der Waals surface area contributed by atoms with Crippen LogP contribution >= 0.6 is 11.8 Å². The van der Waals surface area contributed by atoms with Crippen molar-refractivity contribution in [2.24, 2.45) is 0 Å². The fraction of sp³-hybridized carbons (Fsp3) is 0.0588. The smallest absolute Gasteiger partial charge is 0.236 e. The molecule has 10 heteroatoms. The Kier molecular flexibility index (Phi) is 5.30. The molecule has 2 heterocycles. The predicted octanol–water partition coefficient (Wildman–Crippen LogP) is 1.72. The van der Waals surface area contributed by atoms with Crippen molar-refractivity contribution in [3.8, 4) is 17.8 Å². The van der Waals surface area contributed by atoms with Crippen LogP contribution in [0.1, 0.15) is 11.1 Å². The van der Waals surface area contributed by atoms with Crippen LogP contribution in [0.3, 0.4) is 0 Å². The Balaban J connectivity index is 1.73. The predicted molar refractivity (Wildman–Crippen MR) is 98.8 cm³/mol. The summed E-state index contributed by atoms with van der Waals surface area (Å²) in [6, 6.07) is 13.0. The summed E-state index contributed by atoms with van der Waals surface area (Å²) in [5.41, 5.74) is 6.77. The van der Waals surface area contributed by atoms with E-state index >= 15 is 0 Å². The Labute approximate surface area is 158 Å². The van der Waals surface area contributed by atoms with Gasteiger partial charge in [0.2, 0.25) is 5.91 Å². The minimum atomic E-state index is -0.360. The molecule has 0 spiro atoms. The highest BCUT2D eigenvalue weighted by atomic mass is 32.2. The Morgan fingerprint density at radius 3 is 2.59 bits per heavy atom. The fourth-order valence-electron chi connectivity index (χ4n) is 2.15. The van der Waals surface area contributed by atoms with Gasteiger partial charge in [0, 0.05) is 0 Å². The molecular formula is C17H12N8OS. The largest absolute Gasteiger partial charge is 0.382 e. The molecule has 0 aliphatic rings. The average molecular weight is 376 g/mol. The van der Waals surface area contributed by atoms with Crippen molar-refractivity contribution >= 4 is 29.3 Å². The van der Waals surface area contributed by atoms with E-state index in [0.29, 0.717) is 5.69 Å². The highest BCUT2D eigenvalue weighted by Crippen LogP contribution is 2.21. The molecule has 0 aliphatic heterocycles. The molecule has 0 fully saturated rings. The molecule has 0 atom stereocenters. The third kappa shape index (κ3) is 4.03. The van der Waals surface area contributed by atoms with Crippen LogP contribution in [0, 0.1) is 22.7 Å². The molecule has 0 radical (unpaired) electrons. The van der Waals surface area contributed by atoms with Gasteiger partial charge in [0.1, 0.15) is 29.1 Å². The summed E-state index contributed by atoms with van der Waals surface area (Å²) in [4.78, 5) is 20.3. The first-order valence-electron chi connectivity index (χ1n) is 7.61. The second kappa shape index (κ2) is 7.99. The molecule has 1 aromatic carbocycles. The summed E-state index contributed by atoms with van der Waals surface area (Å²) in [5, 5.41) is 25.2. The first-order chi connectivity index (χ1) is 13.1. The normalized spacial score (nSPS) is 10.0. The van der Waals surface area contributed by atoms with Gasteiger partial charge in [-0.2, -0.15) is 15.6 Å². The van der Waals surface area contributed by atoms with Crippen LogP contribution in [0.5, 0.6) is 0 Å². The first kappa shape index (κ1) is 17.9. The number of para-hydroxylation sites is 1. The molecule has 0 unspecified atom stereocenters. The van der Waals surface area contributed by atoms with Gasteiger partial charge in [0.25, 0.3) is 0 Å². The SMILES string of the molecule is N#Cc1cnc(SCC(=O)Nc2c(C#N)cnn2-c2ccccc2)nc1N. The van der Waals surface area contributed by atoms with E-state index in [1.807, 2.05) is 42.5 Å². The standard InChI is InChI=1S/C17H12N8OS/c18-6-11-8-21-17(24-15(11)20)27-10-14(26)23-16-12(7-19)9-22-25(16)13-4-2-1-3-5-13/h1-5,8-9H,10H2,(H,23,26)(H2,20,21,24). The fourth-order valence-corrected chi connectivity index (χ4v) is 2.77. The van der Waals surface area contributed by atoms with Crippen molar-refractivity contribution < 1.29 is 4.79 Å². The van der Waals surface area contributed by atoms with Crippen LogP contribution in [-0.2, 0) is 4.79 Å². The van der Waals surface area contributed by atoms with Crippen LogP contribution < -0.4 is 11.1 Å². The Bertz CT molecular complexity index is 1060. The van der Waals surface area contributed by atoms with Gasteiger partial charge in [0.05, 0.1) is 23.8 Å². The molecule has 0 saturated carbocycles. The summed E-state index contributed by atoms with van der Waals surface area (Å²) >= 11 is 1.06. The zero-order valence-electron chi connectivity index (χ0n) is 13.8. The van der Waals surface area contributed by atoms with E-state index in [0.717, 1.165) is 11.8 Å². The third-order valence-corrected chi connectivity index (χ3v) is 4.26. The molecule has 9 nitrogen and oxygen atoms in total. The summed E-state index contributed by atoms with van der Waals surface area (Å²) in [6.07, 6.45) is 2.70. The highest BCUT2D eigenvalue weighted by Gasteiger charge is 2.16. The van der Waals surface area contributed by atoms with Crippen molar-refractivity contribution in [1.82, 2.24) is 19.7 Å². The van der Waals surface area contributed by atoms with Gasteiger partial charge in [-0.3, -0.25) is 4.79 Å². The number of hydrogen-bond donors (Lipinski definition) is 2. The number of amides is 1. The van der Waals surface area contributed by atoms with E-state index < -0.39 is 0 Å². The van der Waals surface area contributed by atoms with Gasteiger partial charge in [-0.15, -0.1) is 0 Å². The minimum Gasteiger partial charge on any atom is -0.382 e. The van der Waals surface area contributed by atoms with Gasteiger partial charge in [-0.1, -0.05) is 30.0 Å². The van der Waals surface area contributed by atoms with Gasteiger partial charge in [0.15, 0.2) is 11.0 Å². The lowest BCUT2D eigenvalue weighted by Gasteiger charge is -2.09. The van der Waals surface area contributed by atoms with Gasteiger partial charge >= 0.3 is 0 Å².